The molecule has 2 nitrogen and oxygen atoms in total. The quantitative estimate of drug-likeness (QED) is 0.926. The molecule has 0 radical (unpaired) electrons. The van der Waals surface area contributed by atoms with Crippen LogP contribution in [0, 0.1) is 5.92 Å². The van der Waals surface area contributed by atoms with Crippen molar-refractivity contribution < 1.29 is 4.21 Å². The Balaban J connectivity index is 2.65. The lowest BCUT2D eigenvalue weighted by Crippen LogP contribution is -2.32. The highest BCUT2D eigenvalue weighted by atomic mass is 79.9. The summed E-state index contributed by atoms with van der Waals surface area (Å²) in [5.74, 6) is 0.892. The highest BCUT2D eigenvalue weighted by Gasteiger charge is 2.13. The Morgan fingerprint density at radius 1 is 1.33 bits per heavy atom. The second-order valence-electron chi connectivity index (χ2n) is 3.87. The van der Waals surface area contributed by atoms with E-state index in [4.69, 9.17) is 5.73 Å². The molecule has 0 fully saturated rings. The highest BCUT2D eigenvalue weighted by molar-refractivity contribution is 9.10. The number of hydrogen-bond acceptors (Lipinski definition) is 2. The Morgan fingerprint density at radius 3 is 2.33 bits per heavy atom. The monoisotopic (exact) mass is 289 g/mol. The fourth-order valence-corrected chi connectivity index (χ4v) is 2.68. The molecule has 84 valence electrons. The zero-order valence-electron chi connectivity index (χ0n) is 8.94. The van der Waals surface area contributed by atoms with Gasteiger partial charge in [0, 0.05) is 21.2 Å². The summed E-state index contributed by atoms with van der Waals surface area (Å²) in [7, 11) is -0.988. The average molecular weight is 290 g/mol. The standard InChI is InChI=1S/C11H16BrNOS/c1-8(2)11(13)7-15(14)10-5-3-9(12)4-6-10/h3-6,8,11H,7,13H2,1-2H3. The van der Waals surface area contributed by atoms with Gasteiger partial charge in [0.15, 0.2) is 0 Å². The Bertz CT molecular complexity index is 337. The van der Waals surface area contributed by atoms with Crippen molar-refractivity contribution in [1.29, 1.82) is 0 Å². The fourth-order valence-electron chi connectivity index (χ4n) is 1.05. The summed E-state index contributed by atoms with van der Waals surface area (Å²) in [5, 5.41) is 0. The molecule has 0 aliphatic rings. The molecule has 0 bridgehead atoms. The first-order chi connectivity index (χ1) is 7.00. The van der Waals surface area contributed by atoms with Crippen molar-refractivity contribution in [2.24, 2.45) is 11.7 Å². The van der Waals surface area contributed by atoms with Gasteiger partial charge >= 0.3 is 0 Å². The minimum Gasteiger partial charge on any atom is -0.327 e. The summed E-state index contributed by atoms with van der Waals surface area (Å²) < 4.78 is 12.9. The second kappa shape index (κ2) is 5.77. The van der Waals surface area contributed by atoms with Gasteiger partial charge in [-0.25, -0.2) is 0 Å². The van der Waals surface area contributed by atoms with Crippen LogP contribution in [0.5, 0.6) is 0 Å². The Hall–Kier alpha value is -0.190. The molecule has 0 aliphatic heterocycles. The predicted octanol–water partition coefficient (Wildman–Crippen LogP) is 2.54. The van der Waals surface area contributed by atoms with E-state index >= 15 is 0 Å². The first-order valence-corrected chi connectivity index (χ1v) is 7.01. The highest BCUT2D eigenvalue weighted by Crippen LogP contribution is 2.14. The molecular weight excluding hydrogens is 274 g/mol. The van der Waals surface area contributed by atoms with Gasteiger partial charge in [-0.05, 0) is 30.2 Å². The molecule has 1 aromatic carbocycles. The molecule has 1 aromatic rings. The van der Waals surface area contributed by atoms with Crippen LogP contribution in [-0.4, -0.2) is 16.0 Å². The molecule has 4 heteroatoms. The number of nitrogens with two attached hydrogens (primary N) is 1. The van der Waals surface area contributed by atoms with Crippen molar-refractivity contribution in [3.8, 4) is 0 Å². The topological polar surface area (TPSA) is 43.1 Å². The van der Waals surface area contributed by atoms with Crippen molar-refractivity contribution in [2.45, 2.75) is 24.8 Å². The van der Waals surface area contributed by atoms with Crippen LogP contribution in [-0.2, 0) is 10.8 Å². The molecule has 2 atom stereocenters. The average Bonchev–Trinajstić information content (AvgIpc) is 2.18. The maximum Gasteiger partial charge on any atom is 0.0545 e. The zero-order valence-corrected chi connectivity index (χ0v) is 11.3. The van der Waals surface area contributed by atoms with Gasteiger partial charge in [0.05, 0.1) is 10.8 Å². The smallest absolute Gasteiger partial charge is 0.0545 e. The third kappa shape index (κ3) is 4.05. The van der Waals surface area contributed by atoms with Crippen LogP contribution in [0.25, 0.3) is 0 Å². The lowest BCUT2D eigenvalue weighted by Gasteiger charge is -2.14. The molecule has 0 heterocycles. The van der Waals surface area contributed by atoms with Crippen molar-refractivity contribution in [2.75, 3.05) is 5.75 Å². The van der Waals surface area contributed by atoms with Crippen molar-refractivity contribution in [1.82, 2.24) is 0 Å². The van der Waals surface area contributed by atoms with Crippen LogP contribution < -0.4 is 5.73 Å². The molecule has 2 N–H and O–H groups in total. The van der Waals surface area contributed by atoms with Gasteiger partial charge in [-0.1, -0.05) is 29.8 Å². The molecule has 0 saturated heterocycles. The van der Waals surface area contributed by atoms with E-state index in [0.717, 1.165) is 9.37 Å². The Kier molecular flexibility index (Phi) is 4.96. The maximum atomic E-state index is 11.9. The molecule has 0 saturated carbocycles. The number of benzene rings is 1. The fraction of sp³-hybridized carbons (Fsp3) is 0.455. The van der Waals surface area contributed by atoms with Gasteiger partial charge in [0.2, 0.25) is 0 Å². The first-order valence-electron chi connectivity index (χ1n) is 4.90. The lowest BCUT2D eigenvalue weighted by molar-refractivity contribution is 0.530. The lowest BCUT2D eigenvalue weighted by atomic mass is 10.1. The molecule has 0 amide bonds. The van der Waals surface area contributed by atoms with E-state index in [1.165, 1.54) is 0 Å². The number of rotatable bonds is 4. The van der Waals surface area contributed by atoms with Crippen LogP contribution >= 0.6 is 15.9 Å². The van der Waals surface area contributed by atoms with E-state index in [1.54, 1.807) is 0 Å². The van der Waals surface area contributed by atoms with Crippen LogP contribution in [0.3, 0.4) is 0 Å². The molecule has 15 heavy (non-hydrogen) atoms. The van der Waals surface area contributed by atoms with Gasteiger partial charge in [-0.3, -0.25) is 4.21 Å². The van der Waals surface area contributed by atoms with Crippen LogP contribution in [0.2, 0.25) is 0 Å². The summed E-state index contributed by atoms with van der Waals surface area (Å²) in [4.78, 5) is 0.842. The maximum absolute atomic E-state index is 11.9. The van der Waals surface area contributed by atoms with Crippen LogP contribution in [0.1, 0.15) is 13.8 Å². The number of halogens is 1. The van der Waals surface area contributed by atoms with E-state index in [1.807, 2.05) is 38.1 Å². The number of hydrogen-bond donors (Lipinski definition) is 1. The molecule has 1 rings (SSSR count). The third-order valence-corrected chi connectivity index (χ3v) is 4.29. The van der Waals surface area contributed by atoms with E-state index in [0.29, 0.717) is 11.7 Å². The van der Waals surface area contributed by atoms with Crippen LogP contribution in [0.4, 0.5) is 0 Å². The molecule has 0 aromatic heterocycles. The Labute approximate surface area is 102 Å². The third-order valence-electron chi connectivity index (χ3n) is 2.28. The molecule has 0 aliphatic carbocycles. The van der Waals surface area contributed by atoms with Crippen LogP contribution in [0.15, 0.2) is 33.6 Å². The summed E-state index contributed by atoms with van der Waals surface area (Å²) >= 11 is 3.34. The van der Waals surface area contributed by atoms with E-state index in [2.05, 4.69) is 15.9 Å². The second-order valence-corrected chi connectivity index (χ2v) is 6.29. The van der Waals surface area contributed by atoms with E-state index < -0.39 is 10.8 Å². The van der Waals surface area contributed by atoms with Gasteiger partial charge in [-0.2, -0.15) is 0 Å². The first kappa shape index (κ1) is 12.9. The van der Waals surface area contributed by atoms with Crippen molar-refractivity contribution in [3.63, 3.8) is 0 Å². The van der Waals surface area contributed by atoms with Gasteiger partial charge in [-0.15, -0.1) is 0 Å². The Morgan fingerprint density at radius 2 is 1.87 bits per heavy atom. The summed E-state index contributed by atoms with van der Waals surface area (Å²) in [5.41, 5.74) is 5.88. The molecular formula is C11H16BrNOS. The van der Waals surface area contributed by atoms with E-state index in [9.17, 15) is 4.21 Å². The van der Waals surface area contributed by atoms with Crippen molar-refractivity contribution >= 4 is 26.7 Å². The van der Waals surface area contributed by atoms with Gasteiger partial charge in [0.1, 0.15) is 0 Å². The zero-order chi connectivity index (χ0) is 11.4. The van der Waals surface area contributed by atoms with Gasteiger partial charge < -0.3 is 5.73 Å². The SMILES string of the molecule is CC(C)C(N)CS(=O)c1ccc(Br)cc1. The van der Waals surface area contributed by atoms with Gasteiger partial charge in [0.25, 0.3) is 0 Å². The van der Waals surface area contributed by atoms with Crippen molar-refractivity contribution in [3.05, 3.63) is 28.7 Å². The normalized spacial score (nSPS) is 15.3. The molecule has 0 spiro atoms. The molecule has 2 unspecified atom stereocenters. The summed E-state index contributed by atoms with van der Waals surface area (Å²) in [6, 6.07) is 7.53. The predicted molar refractivity (Wildman–Crippen MR) is 68.2 cm³/mol. The minimum atomic E-state index is -0.988. The summed E-state index contributed by atoms with van der Waals surface area (Å²) in [6.45, 7) is 4.09. The van der Waals surface area contributed by atoms with E-state index in [-0.39, 0.29) is 6.04 Å². The minimum absolute atomic E-state index is 0.00511. The largest absolute Gasteiger partial charge is 0.327 e. The summed E-state index contributed by atoms with van der Waals surface area (Å²) in [6.07, 6.45) is 0.